The minimum absolute atomic E-state index is 0.0456. The van der Waals surface area contributed by atoms with Crippen LogP contribution in [-0.2, 0) is 16.6 Å². The maximum atomic E-state index is 12.0. The predicted octanol–water partition coefficient (Wildman–Crippen LogP) is 0.241. The van der Waals surface area contributed by atoms with Crippen molar-refractivity contribution in [3.63, 3.8) is 0 Å². The monoisotopic (exact) mass is 279 g/mol. The number of nitrogens with zero attached hydrogens (tertiary/aromatic N) is 3. The Morgan fingerprint density at radius 1 is 1.26 bits per heavy atom. The highest BCUT2D eigenvalue weighted by molar-refractivity contribution is 7.89. The summed E-state index contributed by atoms with van der Waals surface area (Å²) in [5.74, 6) is 0. The molecule has 0 saturated carbocycles. The van der Waals surface area contributed by atoms with Gasteiger partial charge in [-0.15, -0.1) is 0 Å². The van der Waals surface area contributed by atoms with Crippen molar-refractivity contribution in [2.24, 2.45) is 0 Å². The van der Waals surface area contributed by atoms with Crippen molar-refractivity contribution < 1.29 is 8.42 Å². The van der Waals surface area contributed by atoms with Gasteiger partial charge >= 0.3 is 0 Å². The van der Waals surface area contributed by atoms with Crippen molar-refractivity contribution in [3.05, 3.63) is 42.2 Å². The molecule has 0 radical (unpaired) electrons. The van der Waals surface area contributed by atoms with E-state index in [2.05, 4.69) is 19.7 Å². The molecular formula is C11H13N5O2S. The number of aryl methyl sites for hydroxylation is 1. The lowest BCUT2D eigenvalue weighted by molar-refractivity contribution is 0.580. The quantitative estimate of drug-likeness (QED) is 0.829. The molecule has 2 aromatic rings. The summed E-state index contributed by atoms with van der Waals surface area (Å²) in [6.45, 7) is 1.85. The van der Waals surface area contributed by atoms with E-state index in [-0.39, 0.29) is 17.1 Å². The van der Waals surface area contributed by atoms with E-state index < -0.39 is 10.0 Å². The van der Waals surface area contributed by atoms with Gasteiger partial charge in [0.25, 0.3) is 0 Å². The molecule has 2 aromatic heterocycles. The first-order valence-electron chi connectivity index (χ1n) is 5.46. The van der Waals surface area contributed by atoms with Crippen LogP contribution < -0.4 is 10.5 Å². The summed E-state index contributed by atoms with van der Waals surface area (Å²) in [6, 6.07) is 1.43. The van der Waals surface area contributed by atoms with Gasteiger partial charge in [-0.05, 0) is 13.0 Å². The number of rotatable bonds is 4. The Labute approximate surface area is 111 Å². The van der Waals surface area contributed by atoms with Crippen molar-refractivity contribution in [1.82, 2.24) is 19.7 Å². The summed E-state index contributed by atoms with van der Waals surface area (Å²) < 4.78 is 26.4. The minimum Gasteiger partial charge on any atom is -0.398 e. The average Bonchev–Trinajstić information content (AvgIpc) is 2.38. The molecule has 0 saturated heterocycles. The molecule has 0 aromatic carbocycles. The number of nitrogens with one attached hydrogen (secondary N) is 1. The first-order chi connectivity index (χ1) is 8.99. The summed E-state index contributed by atoms with van der Waals surface area (Å²) in [5, 5.41) is 0. The fourth-order valence-electron chi connectivity index (χ4n) is 1.37. The lowest BCUT2D eigenvalue weighted by atomic mass is 10.4. The van der Waals surface area contributed by atoms with Crippen molar-refractivity contribution >= 4 is 15.7 Å². The number of nitrogens with two attached hydrogens (primary N) is 1. The molecule has 100 valence electrons. The highest BCUT2D eigenvalue weighted by Crippen LogP contribution is 2.15. The molecule has 0 fully saturated rings. The van der Waals surface area contributed by atoms with Crippen molar-refractivity contribution in [2.45, 2.75) is 18.4 Å². The number of nitrogen functional groups attached to an aromatic ring is 1. The van der Waals surface area contributed by atoms with E-state index in [9.17, 15) is 8.42 Å². The smallest absolute Gasteiger partial charge is 0.244 e. The van der Waals surface area contributed by atoms with Crippen LogP contribution in [0.4, 0.5) is 5.69 Å². The molecule has 0 aliphatic rings. The van der Waals surface area contributed by atoms with Crippen molar-refractivity contribution in [3.8, 4) is 0 Å². The van der Waals surface area contributed by atoms with Crippen LogP contribution >= 0.6 is 0 Å². The summed E-state index contributed by atoms with van der Waals surface area (Å²) in [6.07, 6.45) is 5.73. The van der Waals surface area contributed by atoms with Gasteiger partial charge in [0.2, 0.25) is 10.0 Å². The van der Waals surface area contributed by atoms with Crippen LogP contribution in [0.1, 0.15) is 11.4 Å². The van der Waals surface area contributed by atoms with Crippen LogP contribution in [0, 0.1) is 6.92 Å². The second kappa shape index (κ2) is 5.29. The van der Waals surface area contributed by atoms with Crippen LogP contribution in [0.2, 0.25) is 0 Å². The van der Waals surface area contributed by atoms with E-state index in [0.717, 1.165) is 5.69 Å². The Hall–Kier alpha value is -2.06. The summed E-state index contributed by atoms with van der Waals surface area (Å²) in [5.41, 5.74) is 7.05. The van der Waals surface area contributed by atoms with Gasteiger partial charge < -0.3 is 5.73 Å². The molecular weight excluding hydrogens is 266 g/mol. The molecule has 3 N–H and O–H groups in total. The second-order valence-corrected chi connectivity index (χ2v) is 5.62. The first kappa shape index (κ1) is 13.4. The average molecular weight is 279 g/mol. The summed E-state index contributed by atoms with van der Waals surface area (Å²) in [7, 11) is -3.70. The van der Waals surface area contributed by atoms with Gasteiger partial charge in [0.05, 0.1) is 29.8 Å². The molecule has 0 aliphatic heterocycles. The number of hydrogen-bond donors (Lipinski definition) is 2. The van der Waals surface area contributed by atoms with Gasteiger partial charge in [-0.2, -0.15) is 0 Å². The largest absolute Gasteiger partial charge is 0.398 e. The third kappa shape index (κ3) is 3.24. The maximum absolute atomic E-state index is 12.0. The molecule has 19 heavy (non-hydrogen) atoms. The number of hydrogen-bond acceptors (Lipinski definition) is 6. The van der Waals surface area contributed by atoms with Crippen LogP contribution in [0.25, 0.3) is 0 Å². The fourth-order valence-corrected chi connectivity index (χ4v) is 2.44. The molecule has 2 heterocycles. The predicted molar refractivity (Wildman–Crippen MR) is 69.4 cm³/mol. The Kier molecular flexibility index (Phi) is 3.72. The first-order valence-corrected chi connectivity index (χ1v) is 6.94. The Morgan fingerprint density at radius 3 is 2.68 bits per heavy atom. The van der Waals surface area contributed by atoms with E-state index in [1.165, 1.54) is 24.7 Å². The number of sulfonamides is 1. The van der Waals surface area contributed by atoms with E-state index in [0.29, 0.717) is 5.69 Å². The lowest BCUT2D eigenvalue weighted by Gasteiger charge is -2.07. The highest BCUT2D eigenvalue weighted by Gasteiger charge is 2.17. The third-order valence-electron chi connectivity index (χ3n) is 2.38. The zero-order chi connectivity index (χ0) is 13.9. The van der Waals surface area contributed by atoms with Crippen LogP contribution in [0.5, 0.6) is 0 Å². The zero-order valence-corrected chi connectivity index (χ0v) is 11.1. The summed E-state index contributed by atoms with van der Waals surface area (Å²) in [4.78, 5) is 11.8. The molecule has 7 nitrogen and oxygen atoms in total. The topological polar surface area (TPSA) is 111 Å². The van der Waals surface area contributed by atoms with E-state index in [1.54, 1.807) is 13.1 Å². The molecule has 0 aliphatic carbocycles. The van der Waals surface area contributed by atoms with E-state index in [1.807, 2.05) is 0 Å². The van der Waals surface area contributed by atoms with Crippen molar-refractivity contribution in [2.75, 3.05) is 5.73 Å². The fraction of sp³-hybridized carbons (Fsp3) is 0.182. The van der Waals surface area contributed by atoms with E-state index >= 15 is 0 Å². The SMILES string of the molecule is Cc1cnc(CNS(=O)(=O)c2cnccc2N)cn1. The molecule has 0 spiro atoms. The molecule has 0 unspecified atom stereocenters. The third-order valence-corrected chi connectivity index (χ3v) is 3.83. The standard InChI is InChI=1S/C11H13N5O2S/c1-8-4-15-9(5-14-8)6-16-19(17,18)11-7-13-3-2-10(11)12/h2-5,7,16H,6H2,1H3,(H2,12,13). The van der Waals surface area contributed by atoms with Gasteiger partial charge in [-0.25, -0.2) is 13.1 Å². The Morgan fingerprint density at radius 2 is 2.05 bits per heavy atom. The van der Waals surface area contributed by atoms with Gasteiger partial charge in [-0.1, -0.05) is 0 Å². The number of anilines is 1. The van der Waals surface area contributed by atoms with Crippen LogP contribution in [-0.4, -0.2) is 23.4 Å². The normalized spacial score (nSPS) is 11.4. The summed E-state index contributed by atoms with van der Waals surface area (Å²) >= 11 is 0. The molecule has 0 amide bonds. The van der Waals surface area contributed by atoms with Crippen LogP contribution in [0.15, 0.2) is 35.7 Å². The van der Waals surface area contributed by atoms with Gasteiger partial charge in [0.15, 0.2) is 0 Å². The molecule has 0 bridgehead atoms. The van der Waals surface area contributed by atoms with E-state index in [4.69, 9.17) is 5.73 Å². The van der Waals surface area contributed by atoms with Crippen molar-refractivity contribution in [1.29, 1.82) is 0 Å². The lowest BCUT2D eigenvalue weighted by Crippen LogP contribution is -2.24. The van der Waals surface area contributed by atoms with Crippen LogP contribution in [0.3, 0.4) is 0 Å². The Balaban J connectivity index is 2.14. The number of pyridine rings is 1. The Bertz CT molecular complexity index is 670. The van der Waals surface area contributed by atoms with Gasteiger partial charge in [-0.3, -0.25) is 15.0 Å². The maximum Gasteiger partial charge on any atom is 0.244 e. The van der Waals surface area contributed by atoms with Gasteiger partial charge in [0, 0.05) is 18.6 Å². The highest BCUT2D eigenvalue weighted by atomic mass is 32.2. The minimum atomic E-state index is -3.70. The number of aromatic nitrogens is 3. The zero-order valence-electron chi connectivity index (χ0n) is 10.2. The molecule has 0 atom stereocenters. The van der Waals surface area contributed by atoms with Gasteiger partial charge in [0.1, 0.15) is 4.90 Å². The molecule has 2 rings (SSSR count). The second-order valence-electron chi connectivity index (χ2n) is 3.89. The molecule has 8 heteroatoms.